The summed E-state index contributed by atoms with van der Waals surface area (Å²) in [6, 6.07) is 5.56. The second kappa shape index (κ2) is 8.86. The standard InChI is InChI=1S/C23H32N4O4/c1-14(2)15-3-5-16(6-4-15)26-11-9-17(10-12-26)27-20-8-7-18(31-23(24)29)13-19(20)21(25-30)22(27)28/h7-8,13-17,30H,3-6,9-12H2,1-2H3,(H2,24,29)/b25-21-/t15-,16+. The van der Waals surface area contributed by atoms with Gasteiger partial charge in [-0.25, -0.2) is 4.79 Å². The molecule has 1 saturated carbocycles. The first-order valence-corrected chi connectivity index (χ1v) is 11.3. The van der Waals surface area contributed by atoms with Gasteiger partial charge in [-0.2, -0.15) is 0 Å². The second-order valence-corrected chi connectivity index (χ2v) is 9.30. The predicted molar refractivity (Wildman–Crippen MR) is 118 cm³/mol. The molecule has 1 aromatic carbocycles. The molecule has 31 heavy (non-hydrogen) atoms. The highest BCUT2D eigenvalue weighted by atomic mass is 16.5. The summed E-state index contributed by atoms with van der Waals surface area (Å²) in [5.41, 5.74) is 6.20. The molecule has 0 spiro atoms. The van der Waals surface area contributed by atoms with E-state index in [0.717, 1.165) is 37.8 Å². The zero-order chi connectivity index (χ0) is 22.1. The zero-order valence-corrected chi connectivity index (χ0v) is 18.3. The van der Waals surface area contributed by atoms with Crippen molar-refractivity contribution in [1.82, 2.24) is 4.90 Å². The third-order valence-corrected chi connectivity index (χ3v) is 7.29. The second-order valence-electron chi connectivity index (χ2n) is 9.30. The molecule has 1 aliphatic carbocycles. The van der Waals surface area contributed by atoms with Gasteiger partial charge in [-0.1, -0.05) is 19.0 Å². The van der Waals surface area contributed by atoms with E-state index in [2.05, 4.69) is 23.9 Å². The van der Waals surface area contributed by atoms with E-state index >= 15 is 0 Å². The van der Waals surface area contributed by atoms with Gasteiger partial charge in [0.05, 0.1) is 5.69 Å². The number of anilines is 1. The van der Waals surface area contributed by atoms with Crippen LogP contribution in [0.5, 0.6) is 5.75 Å². The van der Waals surface area contributed by atoms with Gasteiger partial charge in [0, 0.05) is 30.7 Å². The van der Waals surface area contributed by atoms with Crippen LogP contribution in [-0.4, -0.2) is 53.0 Å². The maximum Gasteiger partial charge on any atom is 0.409 e. The highest BCUT2D eigenvalue weighted by molar-refractivity contribution is 6.54. The van der Waals surface area contributed by atoms with Crippen LogP contribution in [0.25, 0.3) is 0 Å². The summed E-state index contributed by atoms with van der Waals surface area (Å²) in [5.74, 6) is 1.52. The molecule has 1 aromatic rings. The lowest BCUT2D eigenvalue weighted by Crippen LogP contribution is -2.50. The van der Waals surface area contributed by atoms with E-state index in [1.54, 1.807) is 17.0 Å². The van der Waals surface area contributed by atoms with Crippen molar-refractivity contribution in [2.45, 2.75) is 64.5 Å². The molecule has 3 aliphatic rings. The normalized spacial score (nSPS) is 26.5. The van der Waals surface area contributed by atoms with E-state index < -0.39 is 6.09 Å². The largest absolute Gasteiger partial charge is 0.410 e. The molecular formula is C23H32N4O4. The molecule has 8 nitrogen and oxygen atoms in total. The van der Waals surface area contributed by atoms with Crippen LogP contribution in [-0.2, 0) is 4.79 Å². The van der Waals surface area contributed by atoms with Crippen molar-refractivity contribution in [3.63, 3.8) is 0 Å². The maximum absolute atomic E-state index is 13.0. The summed E-state index contributed by atoms with van der Waals surface area (Å²) in [6.45, 7) is 6.59. The van der Waals surface area contributed by atoms with Gasteiger partial charge < -0.3 is 25.5 Å². The van der Waals surface area contributed by atoms with Crippen LogP contribution in [0, 0.1) is 11.8 Å². The number of benzene rings is 1. The molecule has 2 amide bonds. The number of piperidine rings is 1. The summed E-state index contributed by atoms with van der Waals surface area (Å²) >= 11 is 0. The monoisotopic (exact) mass is 428 g/mol. The molecule has 1 saturated heterocycles. The van der Waals surface area contributed by atoms with Crippen molar-refractivity contribution < 1.29 is 19.5 Å². The fourth-order valence-corrected chi connectivity index (χ4v) is 5.53. The van der Waals surface area contributed by atoms with Crippen LogP contribution in [0.15, 0.2) is 23.4 Å². The lowest BCUT2D eigenvalue weighted by atomic mass is 9.79. The van der Waals surface area contributed by atoms with Gasteiger partial charge in [0.1, 0.15) is 5.75 Å². The van der Waals surface area contributed by atoms with Gasteiger partial charge in [0.15, 0.2) is 5.71 Å². The number of carbonyl (C=O) groups is 2. The Hall–Kier alpha value is -2.61. The van der Waals surface area contributed by atoms with Gasteiger partial charge in [0.2, 0.25) is 0 Å². The Morgan fingerprint density at radius 2 is 1.81 bits per heavy atom. The fraction of sp³-hybridized carbons (Fsp3) is 0.609. The average Bonchev–Trinajstić information content (AvgIpc) is 3.04. The van der Waals surface area contributed by atoms with Crippen LogP contribution < -0.4 is 15.4 Å². The van der Waals surface area contributed by atoms with Crippen molar-refractivity contribution >= 4 is 23.4 Å². The lowest BCUT2D eigenvalue weighted by molar-refractivity contribution is -0.113. The Labute approximate surface area is 183 Å². The van der Waals surface area contributed by atoms with Crippen LogP contribution in [0.3, 0.4) is 0 Å². The number of hydrogen-bond acceptors (Lipinski definition) is 6. The SMILES string of the molecule is CC(C)[C@H]1CC[C@@H](N2CCC(N3C(=O)/C(=N\O)c4cc(OC(N)=O)ccc43)CC2)CC1. The molecule has 4 rings (SSSR count). The van der Waals surface area contributed by atoms with Gasteiger partial charge >= 0.3 is 6.09 Å². The Bertz CT molecular complexity index is 868. The first kappa shape index (κ1) is 21.6. The smallest absolute Gasteiger partial charge is 0.409 e. The van der Waals surface area contributed by atoms with Gasteiger partial charge in [-0.15, -0.1) is 0 Å². The zero-order valence-electron chi connectivity index (χ0n) is 18.3. The summed E-state index contributed by atoms with van der Waals surface area (Å²) in [5, 5.41) is 12.7. The molecule has 2 heterocycles. The third kappa shape index (κ3) is 4.26. The summed E-state index contributed by atoms with van der Waals surface area (Å²) in [6.07, 6.45) is 5.99. The molecule has 0 aromatic heterocycles. The minimum Gasteiger partial charge on any atom is -0.410 e. The molecular weight excluding hydrogens is 396 g/mol. The number of nitrogens with zero attached hydrogens (tertiary/aromatic N) is 3. The lowest BCUT2D eigenvalue weighted by Gasteiger charge is -2.43. The first-order chi connectivity index (χ1) is 14.9. The Morgan fingerprint density at radius 1 is 1.13 bits per heavy atom. The van der Waals surface area contributed by atoms with Crippen LogP contribution in [0.2, 0.25) is 0 Å². The minimum absolute atomic E-state index is 0.0284. The fourth-order valence-electron chi connectivity index (χ4n) is 5.53. The van der Waals surface area contributed by atoms with Crippen LogP contribution in [0.1, 0.15) is 57.9 Å². The van der Waals surface area contributed by atoms with E-state index in [4.69, 9.17) is 10.5 Å². The number of carbonyl (C=O) groups excluding carboxylic acids is 2. The molecule has 2 fully saturated rings. The molecule has 0 bridgehead atoms. The maximum atomic E-state index is 13.0. The highest BCUT2D eigenvalue weighted by Gasteiger charge is 2.41. The van der Waals surface area contributed by atoms with Crippen LogP contribution in [0.4, 0.5) is 10.5 Å². The molecule has 8 heteroatoms. The molecule has 0 radical (unpaired) electrons. The van der Waals surface area contributed by atoms with Gasteiger partial charge in [0.25, 0.3) is 5.91 Å². The number of hydrogen-bond donors (Lipinski definition) is 2. The van der Waals surface area contributed by atoms with E-state index in [0.29, 0.717) is 17.3 Å². The van der Waals surface area contributed by atoms with E-state index in [1.165, 1.54) is 31.7 Å². The summed E-state index contributed by atoms with van der Waals surface area (Å²) < 4.78 is 4.92. The Kier molecular flexibility index (Phi) is 6.18. The van der Waals surface area contributed by atoms with Crippen LogP contribution >= 0.6 is 0 Å². The van der Waals surface area contributed by atoms with Crippen molar-refractivity contribution in [3.8, 4) is 5.75 Å². The molecule has 3 N–H and O–H groups in total. The van der Waals surface area contributed by atoms with E-state index in [1.807, 2.05) is 0 Å². The first-order valence-electron chi connectivity index (χ1n) is 11.3. The average molecular weight is 429 g/mol. The third-order valence-electron chi connectivity index (χ3n) is 7.29. The molecule has 0 atom stereocenters. The van der Waals surface area contributed by atoms with E-state index in [9.17, 15) is 14.8 Å². The van der Waals surface area contributed by atoms with E-state index in [-0.39, 0.29) is 23.4 Å². The molecule has 168 valence electrons. The van der Waals surface area contributed by atoms with Gasteiger partial charge in [-0.3, -0.25) is 4.79 Å². The number of rotatable bonds is 4. The summed E-state index contributed by atoms with van der Waals surface area (Å²) in [4.78, 5) is 28.4. The molecule has 2 aliphatic heterocycles. The van der Waals surface area contributed by atoms with Gasteiger partial charge in [-0.05, 0) is 68.6 Å². The number of amides is 2. The molecule has 0 unspecified atom stereocenters. The summed E-state index contributed by atoms with van der Waals surface area (Å²) in [7, 11) is 0. The predicted octanol–water partition coefficient (Wildman–Crippen LogP) is 3.35. The number of likely N-dealkylation sites (tertiary alicyclic amines) is 1. The number of ether oxygens (including phenoxy) is 1. The number of oxime groups is 1. The highest BCUT2D eigenvalue weighted by Crippen LogP contribution is 2.38. The van der Waals surface area contributed by atoms with Crippen molar-refractivity contribution in [3.05, 3.63) is 23.8 Å². The number of nitrogens with two attached hydrogens (primary N) is 1. The van der Waals surface area contributed by atoms with Crippen molar-refractivity contribution in [2.24, 2.45) is 22.7 Å². The number of fused-ring (bicyclic) bond motifs is 1. The Morgan fingerprint density at radius 3 is 2.39 bits per heavy atom. The quantitative estimate of drug-likeness (QED) is 0.565. The van der Waals surface area contributed by atoms with Crippen molar-refractivity contribution in [2.75, 3.05) is 18.0 Å². The topological polar surface area (TPSA) is 108 Å². The van der Waals surface area contributed by atoms with Crippen molar-refractivity contribution in [1.29, 1.82) is 0 Å². The number of primary amides is 1. The minimum atomic E-state index is -0.932. The Balaban J connectivity index is 1.43.